The van der Waals surface area contributed by atoms with Gasteiger partial charge in [-0.25, -0.2) is 0 Å². The third-order valence-electron chi connectivity index (χ3n) is 3.97. The maximum absolute atomic E-state index is 12.1. The lowest BCUT2D eigenvalue weighted by Crippen LogP contribution is -2.48. The standard InChI is InChI=1S/C16H24N2O/c1-3-4-5-13-6-8-15(9-7-13)18-16(19)12(2)14-10-17-11-14/h6-9,12,14,17H,3-5,10-11H2,1-2H3,(H,18,19). The molecule has 0 saturated carbocycles. The second-order valence-electron chi connectivity index (χ2n) is 5.50. The first-order chi connectivity index (χ1) is 9.20. The van der Waals surface area contributed by atoms with Crippen LogP contribution in [-0.4, -0.2) is 19.0 Å². The van der Waals surface area contributed by atoms with Crippen LogP contribution in [-0.2, 0) is 11.2 Å². The lowest BCUT2D eigenvalue weighted by Gasteiger charge is -2.31. The van der Waals surface area contributed by atoms with Gasteiger partial charge in [0.05, 0.1) is 0 Å². The molecule has 0 radical (unpaired) electrons. The van der Waals surface area contributed by atoms with Crippen molar-refractivity contribution in [3.63, 3.8) is 0 Å². The van der Waals surface area contributed by atoms with Crippen LogP contribution in [0.15, 0.2) is 24.3 Å². The number of carbonyl (C=O) groups is 1. The third kappa shape index (κ3) is 3.80. The molecule has 2 rings (SSSR count). The Morgan fingerprint density at radius 2 is 2.05 bits per heavy atom. The summed E-state index contributed by atoms with van der Waals surface area (Å²) >= 11 is 0. The fraction of sp³-hybridized carbons (Fsp3) is 0.562. The zero-order valence-corrected chi connectivity index (χ0v) is 11.9. The molecule has 2 N–H and O–H groups in total. The van der Waals surface area contributed by atoms with E-state index in [1.807, 2.05) is 19.1 Å². The number of anilines is 1. The van der Waals surface area contributed by atoms with Gasteiger partial charge in [0.15, 0.2) is 0 Å². The van der Waals surface area contributed by atoms with E-state index in [0.29, 0.717) is 5.92 Å². The van der Waals surface area contributed by atoms with Crippen LogP contribution in [0.4, 0.5) is 5.69 Å². The van der Waals surface area contributed by atoms with Gasteiger partial charge in [-0.1, -0.05) is 32.4 Å². The van der Waals surface area contributed by atoms with Gasteiger partial charge in [0, 0.05) is 11.6 Å². The molecule has 3 nitrogen and oxygen atoms in total. The van der Waals surface area contributed by atoms with Crippen LogP contribution in [0.5, 0.6) is 0 Å². The highest BCUT2D eigenvalue weighted by atomic mass is 16.1. The van der Waals surface area contributed by atoms with Crippen LogP contribution in [0.2, 0.25) is 0 Å². The normalized spacial score (nSPS) is 16.7. The first-order valence-electron chi connectivity index (χ1n) is 7.31. The summed E-state index contributed by atoms with van der Waals surface area (Å²) in [6, 6.07) is 8.24. The fourth-order valence-corrected chi connectivity index (χ4v) is 2.27. The molecule has 0 aliphatic carbocycles. The predicted molar refractivity (Wildman–Crippen MR) is 79.2 cm³/mol. The van der Waals surface area contributed by atoms with Crippen molar-refractivity contribution < 1.29 is 4.79 Å². The van der Waals surface area contributed by atoms with E-state index in [2.05, 4.69) is 29.7 Å². The molecule has 19 heavy (non-hydrogen) atoms. The Morgan fingerprint density at radius 1 is 1.37 bits per heavy atom. The molecule has 1 fully saturated rings. The molecular weight excluding hydrogens is 236 g/mol. The lowest BCUT2D eigenvalue weighted by atomic mass is 9.88. The Kier molecular flexibility index (Phi) is 4.97. The van der Waals surface area contributed by atoms with E-state index in [1.165, 1.54) is 18.4 Å². The van der Waals surface area contributed by atoms with Crippen LogP contribution in [0.25, 0.3) is 0 Å². The summed E-state index contributed by atoms with van der Waals surface area (Å²) in [6.45, 7) is 6.14. The molecule has 1 aromatic carbocycles. The van der Waals surface area contributed by atoms with E-state index in [4.69, 9.17) is 0 Å². The van der Waals surface area contributed by atoms with Gasteiger partial charge in [0.2, 0.25) is 5.91 Å². The van der Waals surface area contributed by atoms with Crippen molar-refractivity contribution in [1.82, 2.24) is 5.32 Å². The number of carbonyl (C=O) groups excluding carboxylic acids is 1. The summed E-state index contributed by atoms with van der Waals surface area (Å²) in [6.07, 6.45) is 3.55. The fourth-order valence-electron chi connectivity index (χ4n) is 2.27. The van der Waals surface area contributed by atoms with E-state index < -0.39 is 0 Å². The maximum atomic E-state index is 12.1. The second-order valence-corrected chi connectivity index (χ2v) is 5.50. The maximum Gasteiger partial charge on any atom is 0.227 e. The molecule has 1 unspecified atom stereocenters. The summed E-state index contributed by atoms with van der Waals surface area (Å²) < 4.78 is 0. The van der Waals surface area contributed by atoms with Crippen molar-refractivity contribution in [2.75, 3.05) is 18.4 Å². The lowest BCUT2D eigenvalue weighted by molar-refractivity contribution is -0.121. The van der Waals surface area contributed by atoms with Crippen LogP contribution >= 0.6 is 0 Å². The first kappa shape index (κ1) is 14.1. The number of hydrogen-bond acceptors (Lipinski definition) is 2. The molecule has 1 aliphatic heterocycles. The topological polar surface area (TPSA) is 41.1 Å². The van der Waals surface area contributed by atoms with E-state index in [-0.39, 0.29) is 11.8 Å². The summed E-state index contributed by atoms with van der Waals surface area (Å²) in [5, 5.41) is 6.22. The minimum Gasteiger partial charge on any atom is -0.326 e. The second kappa shape index (κ2) is 6.71. The summed E-state index contributed by atoms with van der Waals surface area (Å²) in [7, 11) is 0. The quantitative estimate of drug-likeness (QED) is 0.826. The molecule has 1 heterocycles. The van der Waals surface area contributed by atoms with Gasteiger partial charge in [-0.15, -0.1) is 0 Å². The number of hydrogen-bond donors (Lipinski definition) is 2. The molecule has 1 amide bonds. The van der Waals surface area contributed by atoms with E-state index in [0.717, 1.165) is 25.2 Å². The Bertz CT molecular complexity index is 409. The van der Waals surface area contributed by atoms with Crippen molar-refractivity contribution in [3.8, 4) is 0 Å². The van der Waals surface area contributed by atoms with Crippen LogP contribution in [0.3, 0.4) is 0 Å². The molecule has 1 aromatic rings. The van der Waals surface area contributed by atoms with Crippen molar-refractivity contribution >= 4 is 11.6 Å². The van der Waals surface area contributed by atoms with Crippen LogP contribution < -0.4 is 10.6 Å². The highest BCUT2D eigenvalue weighted by Crippen LogP contribution is 2.19. The average Bonchev–Trinajstić information content (AvgIpc) is 2.36. The Morgan fingerprint density at radius 3 is 2.58 bits per heavy atom. The molecular formula is C16H24N2O. The first-order valence-corrected chi connectivity index (χ1v) is 7.31. The molecule has 1 atom stereocenters. The highest BCUT2D eigenvalue weighted by Gasteiger charge is 2.28. The van der Waals surface area contributed by atoms with E-state index in [1.54, 1.807) is 0 Å². The average molecular weight is 260 g/mol. The Balaban J connectivity index is 1.86. The van der Waals surface area contributed by atoms with Crippen molar-refractivity contribution in [2.24, 2.45) is 11.8 Å². The molecule has 3 heteroatoms. The van der Waals surface area contributed by atoms with Crippen LogP contribution in [0, 0.1) is 11.8 Å². The van der Waals surface area contributed by atoms with Gasteiger partial charge in [0.1, 0.15) is 0 Å². The van der Waals surface area contributed by atoms with E-state index in [9.17, 15) is 4.79 Å². The molecule has 104 valence electrons. The Labute approximate surface area is 115 Å². The molecule has 0 bridgehead atoms. The number of benzene rings is 1. The summed E-state index contributed by atoms with van der Waals surface area (Å²) in [5.74, 6) is 0.706. The number of nitrogens with one attached hydrogen (secondary N) is 2. The number of amides is 1. The van der Waals surface area contributed by atoms with Gasteiger partial charge in [-0.3, -0.25) is 4.79 Å². The monoisotopic (exact) mass is 260 g/mol. The number of aryl methyl sites for hydroxylation is 1. The molecule has 0 aromatic heterocycles. The van der Waals surface area contributed by atoms with Crippen molar-refractivity contribution in [3.05, 3.63) is 29.8 Å². The SMILES string of the molecule is CCCCc1ccc(NC(=O)C(C)C2CNC2)cc1. The summed E-state index contributed by atoms with van der Waals surface area (Å²) in [5.41, 5.74) is 2.25. The van der Waals surface area contributed by atoms with Crippen molar-refractivity contribution in [2.45, 2.75) is 33.1 Å². The molecule has 1 saturated heterocycles. The third-order valence-corrected chi connectivity index (χ3v) is 3.97. The van der Waals surface area contributed by atoms with Gasteiger partial charge >= 0.3 is 0 Å². The predicted octanol–water partition coefficient (Wildman–Crippen LogP) is 2.82. The number of rotatable bonds is 6. The largest absolute Gasteiger partial charge is 0.326 e. The van der Waals surface area contributed by atoms with Gasteiger partial charge in [-0.05, 0) is 49.5 Å². The zero-order valence-electron chi connectivity index (χ0n) is 11.9. The van der Waals surface area contributed by atoms with Gasteiger partial charge in [0.25, 0.3) is 0 Å². The highest BCUT2D eigenvalue weighted by molar-refractivity contribution is 5.92. The molecule has 0 spiro atoms. The number of unbranched alkanes of at least 4 members (excludes halogenated alkanes) is 1. The van der Waals surface area contributed by atoms with E-state index >= 15 is 0 Å². The minimum atomic E-state index is 0.0843. The van der Waals surface area contributed by atoms with Crippen LogP contribution in [0.1, 0.15) is 32.3 Å². The molecule has 1 aliphatic rings. The van der Waals surface area contributed by atoms with Crippen molar-refractivity contribution in [1.29, 1.82) is 0 Å². The van der Waals surface area contributed by atoms with Gasteiger partial charge < -0.3 is 10.6 Å². The minimum absolute atomic E-state index is 0.0843. The zero-order chi connectivity index (χ0) is 13.7. The summed E-state index contributed by atoms with van der Waals surface area (Å²) in [4.78, 5) is 12.1. The van der Waals surface area contributed by atoms with Gasteiger partial charge in [-0.2, -0.15) is 0 Å². The Hall–Kier alpha value is -1.35. The smallest absolute Gasteiger partial charge is 0.227 e.